The molecular weight excluding hydrogens is 252 g/mol. The molecule has 1 aromatic rings. The maximum atomic E-state index is 12.7. The zero-order valence-corrected chi connectivity index (χ0v) is 12.8. The molecular formula is C16H24N2O2. The summed E-state index contributed by atoms with van der Waals surface area (Å²) >= 11 is 0. The zero-order valence-electron chi connectivity index (χ0n) is 12.8. The van der Waals surface area contributed by atoms with E-state index in [1.54, 1.807) is 0 Å². The van der Waals surface area contributed by atoms with Crippen molar-refractivity contribution in [3.63, 3.8) is 0 Å². The summed E-state index contributed by atoms with van der Waals surface area (Å²) in [4.78, 5) is 16.7. The Hall–Kier alpha value is -1.55. The molecule has 1 aliphatic rings. The summed E-state index contributed by atoms with van der Waals surface area (Å²) in [5.41, 5.74) is 1.70. The molecule has 0 unspecified atom stereocenters. The van der Waals surface area contributed by atoms with Gasteiger partial charge in [-0.1, -0.05) is 12.1 Å². The number of hydrogen-bond donors (Lipinski definition) is 0. The van der Waals surface area contributed by atoms with Crippen LogP contribution in [0.15, 0.2) is 24.3 Å². The molecule has 0 bridgehead atoms. The average molecular weight is 276 g/mol. The first-order valence-corrected chi connectivity index (χ1v) is 7.08. The number of benzene rings is 1. The van der Waals surface area contributed by atoms with E-state index in [2.05, 4.69) is 17.0 Å². The van der Waals surface area contributed by atoms with Crippen LogP contribution in [0, 0.1) is 0 Å². The Morgan fingerprint density at radius 2 is 1.70 bits per heavy atom. The van der Waals surface area contributed by atoms with Crippen LogP contribution in [0.5, 0.6) is 0 Å². The minimum absolute atomic E-state index is 0.179. The Balaban J connectivity index is 2.17. The number of anilines is 1. The molecule has 2 rings (SSSR count). The van der Waals surface area contributed by atoms with Crippen molar-refractivity contribution >= 4 is 11.6 Å². The molecule has 1 amide bonds. The van der Waals surface area contributed by atoms with Crippen LogP contribution in [0.4, 0.5) is 5.69 Å². The molecule has 4 nitrogen and oxygen atoms in total. The summed E-state index contributed by atoms with van der Waals surface area (Å²) < 4.78 is 5.31. The number of carbonyl (C=O) groups is 1. The topological polar surface area (TPSA) is 32.8 Å². The van der Waals surface area contributed by atoms with Crippen molar-refractivity contribution in [1.29, 1.82) is 0 Å². The molecule has 1 aliphatic heterocycles. The fourth-order valence-corrected chi connectivity index (χ4v) is 2.46. The predicted octanol–water partition coefficient (Wildman–Crippen LogP) is 1.89. The van der Waals surface area contributed by atoms with Gasteiger partial charge >= 0.3 is 0 Å². The van der Waals surface area contributed by atoms with Crippen molar-refractivity contribution in [2.75, 3.05) is 45.3 Å². The highest BCUT2D eigenvalue weighted by atomic mass is 16.5. The lowest BCUT2D eigenvalue weighted by atomic mass is 9.83. The van der Waals surface area contributed by atoms with Gasteiger partial charge in [-0.2, -0.15) is 0 Å². The van der Waals surface area contributed by atoms with E-state index < -0.39 is 5.41 Å². The van der Waals surface area contributed by atoms with Gasteiger partial charge in [0.15, 0.2) is 0 Å². The van der Waals surface area contributed by atoms with Crippen molar-refractivity contribution in [3.05, 3.63) is 29.8 Å². The second-order valence-electron chi connectivity index (χ2n) is 5.97. The van der Waals surface area contributed by atoms with Crippen molar-refractivity contribution in [2.24, 2.45) is 0 Å². The monoisotopic (exact) mass is 276 g/mol. The molecule has 20 heavy (non-hydrogen) atoms. The summed E-state index contributed by atoms with van der Waals surface area (Å²) in [6.45, 7) is 6.66. The molecule has 110 valence electrons. The third-order valence-electron chi connectivity index (χ3n) is 3.94. The van der Waals surface area contributed by atoms with Crippen molar-refractivity contribution in [2.45, 2.75) is 19.3 Å². The second-order valence-corrected chi connectivity index (χ2v) is 5.97. The summed E-state index contributed by atoms with van der Waals surface area (Å²) in [7, 11) is 4.03. The molecule has 0 aromatic heterocycles. The van der Waals surface area contributed by atoms with Gasteiger partial charge in [0.2, 0.25) is 5.91 Å². The maximum Gasteiger partial charge on any atom is 0.232 e. The van der Waals surface area contributed by atoms with Gasteiger partial charge in [0.1, 0.15) is 0 Å². The Bertz CT molecular complexity index is 460. The molecule has 0 aliphatic carbocycles. The lowest BCUT2D eigenvalue weighted by Crippen LogP contribution is -2.48. The van der Waals surface area contributed by atoms with Crippen LogP contribution < -0.4 is 4.90 Å². The number of hydrogen-bond acceptors (Lipinski definition) is 3. The van der Waals surface area contributed by atoms with E-state index >= 15 is 0 Å². The molecule has 1 heterocycles. The van der Waals surface area contributed by atoms with E-state index in [1.165, 1.54) is 0 Å². The molecule has 1 saturated heterocycles. The van der Waals surface area contributed by atoms with Gasteiger partial charge in [-0.3, -0.25) is 4.79 Å². The molecule has 4 heteroatoms. The summed E-state index contributed by atoms with van der Waals surface area (Å²) in [6, 6.07) is 8.22. The van der Waals surface area contributed by atoms with E-state index in [0.29, 0.717) is 26.3 Å². The van der Waals surface area contributed by atoms with Gasteiger partial charge in [0.25, 0.3) is 0 Å². The largest absolute Gasteiger partial charge is 0.378 e. The van der Waals surface area contributed by atoms with Crippen LogP contribution in [-0.4, -0.2) is 51.2 Å². The fraction of sp³-hybridized carbons (Fsp3) is 0.562. The maximum absolute atomic E-state index is 12.7. The Morgan fingerprint density at radius 1 is 1.15 bits per heavy atom. The number of rotatable bonds is 3. The smallest absolute Gasteiger partial charge is 0.232 e. The summed E-state index contributed by atoms with van der Waals surface area (Å²) in [6.07, 6.45) is 0. The average Bonchev–Trinajstić information content (AvgIpc) is 2.47. The molecule has 1 fully saturated rings. The lowest BCUT2D eigenvalue weighted by Gasteiger charge is -2.34. The van der Waals surface area contributed by atoms with Crippen molar-refractivity contribution < 1.29 is 9.53 Å². The first kappa shape index (κ1) is 14.9. The predicted molar refractivity (Wildman–Crippen MR) is 81.2 cm³/mol. The van der Waals surface area contributed by atoms with Gasteiger partial charge in [-0.15, -0.1) is 0 Å². The van der Waals surface area contributed by atoms with Gasteiger partial charge in [0.05, 0.1) is 18.6 Å². The van der Waals surface area contributed by atoms with Crippen molar-refractivity contribution in [3.8, 4) is 0 Å². The van der Waals surface area contributed by atoms with Gasteiger partial charge in [-0.05, 0) is 31.5 Å². The Kier molecular flexibility index (Phi) is 4.33. The highest BCUT2D eigenvalue weighted by Gasteiger charge is 2.34. The lowest BCUT2D eigenvalue weighted by molar-refractivity contribution is -0.140. The first-order valence-electron chi connectivity index (χ1n) is 7.08. The number of carbonyl (C=O) groups excluding carboxylic acids is 1. The highest BCUT2D eigenvalue weighted by Crippen LogP contribution is 2.27. The van der Waals surface area contributed by atoms with E-state index in [0.717, 1.165) is 11.3 Å². The number of morpholine rings is 1. The van der Waals surface area contributed by atoms with E-state index in [1.807, 2.05) is 45.0 Å². The summed E-state index contributed by atoms with van der Waals surface area (Å²) in [5, 5.41) is 0. The standard InChI is InChI=1S/C16H24N2O2/c1-16(2,15(19)18-9-11-20-12-10-18)13-5-7-14(8-6-13)17(3)4/h5-8H,9-12H2,1-4H3. The Morgan fingerprint density at radius 3 is 2.20 bits per heavy atom. The van der Waals surface area contributed by atoms with Crippen LogP contribution >= 0.6 is 0 Å². The zero-order chi connectivity index (χ0) is 14.8. The fourth-order valence-electron chi connectivity index (χ4n) is 2.46. The van der Waals surface area contributed by atoms with Crippen LogP contribution in [0.3, 0.4) is 0 Å². The Labute approximate surface area is 121 Å². The van der Waals surface area contributed by atoms with Crippen LogP contribution in [0.1, 0.15) is 19.4 Å². The molecule has 0 N–H and O–H groups in total. The van der Waals surface area contributed by atoms with E-state index in [9.17, 15) is 4.79 Å². The third-order valence-corrected chi connectivity index (χ3v) is 3.94. The molecule has 0 atom stereocenters. The van der Waals surface area contributed by atoms with E-state index in [-0.39, 0.29) is 5.91 Å². The molecule has 0 saturated carbocycles. The first-order chi connectivity index (χ1) is 9.43. The quantitative estimate of drug-likeness (QED) is 0.845. The van der Waals surface area contributed by atoms with Crippen LogP contribution in [-0.2, 0) is 14.9 Å². The van der Waals surface area contributed by atoms with Crippen molar-refractivity contribution in [1.82, 2.24) is 4.90 Å². The second kappa shape index (κ2) is 5.83. The third kappa shape index (κ3) is 2.96. The molecule has 0 radical (unpaired) electrons. The normalized spacial score (nSPS) is 16.1. The minimum atomic E-state index is -0.498. The van der Waals surface area contributed by atoms with Crippen LogP contribution in [0.25, 0.3) is 0 Å². The minimum Gasteiger partial charge on any atom is -0.378 e. The number of ether oxygens (including phenoxy) is 1. The number of nitrogens with zero attached hydrogens (tertiary/aromatic N) is 2. The SMILES string of the molecule is CN(C)c1ccc(C(C)(C)C(=O)N2CCOCC2)cc1. The summed E-state index contributed by atoms with van der Waals surface area (Å²) in [5.74, 6) is 0.179. The van der Waals surface area contributed by atoms with Crippen LogP contribution in [0.2, 0.25) is 0 Å². The van der Waals surface area contributed by atoms with Gasteiger partial charge in [0, 0.05) is 32.9 Å². The number of amides is 1. The van der Waals surface area contributed by atoms with E-state index in [4.69, 9.17) is 4.74 Å². The molecule has 0 spiro atoms. The van der Waals surface area contributed by atoms with Gasteiger partial charge < -0.3 is 14.5 Å². The molecule has 1 aromatic carbocycles. The highest BCUT2D eigenvalue weighted by molar-refractivity contribution is 5.87. The van der Waals surface area contributed by atoms with Gasteiger partial charge in [-0.25, -0.2) is 0 Å².